The Kier molecular flexibility index (Phi) is 7.91. The molecule has 0 radical (unpaired) electrons. The zero-order valence-corrected chi connectivity index (χ0v) is 11.8. The summed E-state index contributed by atoms with van der Waals surface area (Å²) >= 11 is 0. The Labute approximate surface area is 105 Å². The van der Waals surface area contributed by atoms with Gasteiger partial charge in [-0.15, -0.1) is 0 Å². The van der Waals surface area contributed by atoms with Gasteiger partial charge in [-0.05, 0) is 17.8 Å². The van der Waals surface area contributed by atoms with Gasteiger partial charge < -0.3 is 10.1 Å². The lowest BCUT2D eigenvalue weighted by atomic mass is 9.81. The third-order valence-electron chi connectivity index (χ3n) is 3.16. The van der Waals surface area contributed by atoms with Crippen molar-refractivity contribution in [2.45, 2.75) is 34.1 Å². The topological polar surface area (TPSA) is 71.7 Å². The van der Waals surface area contributed by atoms with Crippen molar-refractivity contribution in [3.8, 4) is 0 Å². The fourth-order valence-corrected chi connectivity index (χ4v) is 1.04. The maximum atomic E-state index is 5.42. The summed E-state index contributed by atoms with van der Waals surface area (Å²) < 4.78 is 4.97. The molecule has 17 heavy (non-hydrogen) atoms. The Bertz CT molecular complexity index is 227. The summed E-state index contributed by atoms with van der Waals surface area (Å²) in [6.45, 7) is 11.1. The highest BCUT2D eigenvalue weighted by atomic mass is 16.5. The minimum absolute atomic E-state index is 0.177. The second kappa shape index (κ2) is 8.31. The average Bonchev–Trinajstić information content (AvgIpc) is 2.28. The number of ether oxygens (including phenoxy) is 1. The zero-order chi connectivity index (χ0) is 13.3. The predicted octanol–water partition coefficient (Wildman–Crippen LogP) is 1.11. The van der Waals surface area contributed by atoms with Gasteiger partial charge in [0.2, 0.25) is 5.96 Å². The van der Waals surface area contributed by atoms with E-state index in [-0.39, 0.29) is 5.41 Å². The fourth-order valence-electron chi connectivity index (χ4n) is 1.04. The molecule has 0 aliphatic heterocycles. The van der Waals surface area contributed by atoms with Crippen LogP contribution in [-0.2, 0) is 4.74 Å². The van der Waals surface area contributed by atoms with Crippen molar-refractivity contribution in [2.24, 2.45) is 22.2 Å². The Morgan fingerprint density at radius 3 is 2.53 bits per heavy atom. The van der Waals surface area contributed by atoms with Crippen LogP contribution in [-0.4, -0.2) is 32.8 Å². The monoisotopic (exact) mass is 244 g/mol. The molecule has 0 saturated carbocycles. The number of rotatable bonds is 7. The summed E-state index contributed by atoms with van der Waals surface area (Å²) in [7, 11) is 1.70. The Balaban J connectivity index is 4.08. The molecule has 0 spiro atoms. The highest BCUT2D eigenvalue weighted by Crippen LogP contribution is 2.25. The first kappa shape index (κ1) is 16.2. The van der Waals surface area contributed by atoms with Crippen LogP contribution < -0.4 is 16.6 Å². The van der Waals surface area contributed by atoms with Gasteiger partial charge in [0.1, 0.15) is 0 Å². The van der Waals surface area contributed by atoms with Gasteiger partial charge in [-0.1, -0.05) is 27.7 Å². The van der Waals surface area contributed by atoms with Crippen LogP contribution in [0.1, 0.15) is 34.1 Å². The summed E-state index contributed by atoms with van der Waals surface area (Å²) in [5.74, 6) is 6.65. The van der Waals surface area contributed by atoms with Crippen LogP contribution in [0.25, 0.3) is 0 Å². The number of hydrogen-bond acceptors (Lipinski definition) is 3. The highest BCUT2D eigenvalue weighted by molar-refractivity contribution is 5.79. The number of nitrogens with one attached hydrogen (secondary N) is 2. The summed E-state index contributed by atoms with van der Waals surface area (Å²) in [6.07, 6.45) is 0.935. The van der Waals surface area contributed by atoms with E-state index >= 15 is 0 Å². The molecule has 5 heteroatoms. The van der Waals surface area contributed by atoms with E-state index in [2.05, 4.69) is 43.4 Å². The van der Waals surface area contributed by atoms with E-state index in [1.807, 2.05) is 0 Å². The first-order valence-corrected chi connectivity index (χ1v) is 6.18. The lowest BCUT2D eigenvalue weighted by molar-refractivity contribution is 0.195. The van der Waals surface area contributed by atoms with E-state index in [1.165, 1.54) is 0 Å². The van der Waals surface area contributed by atoms with Crippen LogP contribution in [0, 0.1) is 11.3 Å². The van der Waals surface area contributed by atoms with Crippen molar-refractivity contribution in [3.63, 3.8) is 0 Å². The SMILES string of the molecule is COCCCNC(=NCC(C)(C)C(C)C)NN. The zero-order valence-electron chi connectivity index (χ0n) is 11.8. The smallest absolute Gasteiger partial charge is 0.205 e. The third-order valence-corrected chi connectivity index (χ3v) is 3.16. The Morgan fingerprint density at radius 2 is 2.06 bits per heavy atom. The molecule has 0 saturated heterocycles. The van der Waals surface area contributed by atoms with Crippen LogP contribution in [0.4, 0.5) is 0 Å². The molecule has 0 amide bonds. The van der Waals surface area contributed by atoms with Gasteiger partial charge in [0.25, 0.3) is 0 Å². The minimum atomic E-state index is 0.177. The predicted molar refractivity (Wildman–Crippen MR) is 72.7 cm³/mol. The van der Waals surface area contributed by atoms with E-state index in [4.69, 9.17) is 10.6 Å². The third kappa shape index (κ3) is 7.18. The molecule has 0 aromatic rings. The maximum Gasteiger partial charge on any atom is 0.205 e. The second-order valence-corrected chi connectivity index (χ2v) is 5.23. The molecule has 0 aliphatic carbocycles. The van der Waals surface area contributed by atoms with Crippen molar-refractivity contribution in [2.75, 3.05) is 26.8 Å². The van der Waals surface area contributed by atoms with Crippen molar-refractivity contribution >= 4 is 5.96 Å². The summed E-state index contributed by atoms with van der Waals surface area (Å²) in [5, 5.41) is 3.15. The van der Waals surface area contributed by atoms with E-state index in [1.54, 1.807) is 7.11 Å². The van der Waals surface area contributed by atoms with Crippen molar-refractivity contribution in [1.29, 1.82) is 0 Å². The number of methoxy groups -OCH3 is 1. The van der Waals surface area contributed by atoms with Gasteiger partial charge >= 0.3 is 0 Å². The molecule has 0 atom stereocenters. The highest BCUT2D eigenvalue weighted by Gasteiger charge is 2.21. The molecule has 4 N–H and O–H groups in total. The first-order valence-electron chi connectivity index (χ1n) is 6.18. The summed E-state index contributed by atoms with van der Waals surface area (Å²) in [4.78, 5) is 4.46. The van der Waals surface area contributed by atoms with Gasteiger partial charge in [0.05, 0.1) is 0 Å². The summed E-state index contributed by atoms with van der Waals surface area (Å²) in [6, 6.07) is 0. The van der Waals surface area contributed by atoms with E-state index in [0.717, 1.165) is 26.1 Å². The van der Waals surface area contributed by atoms with Gasteiger partial charge in [-0.2, -0.15) is 0 Å². The van der Waals surface area contributed by atoms with Crippen LogP contribution in [0.2, 0.25) is 0 Å². The number of hydrogen-bond donors (Lipinski definition) is 3. The molecule has 0 unspecified atom stereocenters. The minimum Gasteiger partial charge on any atom is -0.385 e. The quantitative estimate of drug-likeness (QED) is 0.206. The number of nitrogens with two attached hydrogens (primary N) is 1. The second-order valence-electron chi connectivity index (χ2n) is 5.23. The fraction of sp³-hybridized carbons (Fsp3) is 0.917. The van der Waals surface area contributed by atoms with E-state index in [0.29, 0.717) is 11.9 Å². The van der Waals surface area contributed by atoms with Crippen LogP contribution >= 0.6 is 0 Å². The van der Waals surface area contributed by atoms with Gasteiger partial charge in [0.15, 0.2) is 0 Å². The number of guanidine groups is 1. The van der Waals surface area contributed by atoms with Crippen molar-refractivity contribution < 1.29 is 4.74 Å². The van der Waals surface area contributed by atoms with E-state index in [9.17, 15) is 0 Å². The standard InChI is InChI=1S/C12H28N4O/c1-10(2)12(3,4)9-15-11(16-13)14-7-6-8-17-5/h10H,6-9,13H2,1-5H3,(H2,14,15,16). The van der Waals surface area contributed by atoms with Crippen LogP contribution in [0.15, 0.2) is 4.99 Å². The van der Waals surface area contributed by atoms with Gasteiger partial charge in [0, 0.05) is 26.8 Å². The van der Waals surface area contributed by atoms with Crippen LogP contribution in [0.3, 0.4) is 0 Å². The lowest BCUT2D eigenvalue weighted by Crippen LogP contribution is -2.43. The molecular weight excluding hydrogens is 216 g/mol. The maximum absolute atomic E-state index is 5.42. The average molecular weight is 244 g/mol. The molecule has 0 fully saturated rings. The number of aliphatic imine (C=N–C) groups is 1. The number of nitrogens with zero attached hydrogens (tertiary/aromatic N) is 1. The Morgan fingerprint density at radius 1 is 1.41 bits per heavy atom. The molecule has 0 aromatic carbocycles. The molecule has 0 aromatic heterocycles. The summed E-state index contributed by atoms with van der Waals surface area (Å²) in [5.41, 5.74) is 2.77. The lowest BCUT2D eigenvalue weighted by Gasteiger charge is -2.27. The van der Waals surface area contributed by atoms with Gasteiger partial charge in [-0.3, -0.25) is 10.4 Å². The normalized spacial score (nSPS) is 13.0. The number of hydrazine groups is 1. The molecule has 0 bridgehead atoms. The molecule has 0 aliphatic rings. The molecular formula is C12H28N4O. The van der Waals surface area contributed by atoms with Crippen molar-refractivity contribution in [1.82, 2.24) is 10.7 Å². The molecule has 0 heterocycles. The largest absolute Gasteiger partial charge is 0.385 e. The molecule has 102 valence electrons. The van der Waals surface area contributed by atoms with Crippen LogP contribution in [0.5, 0.6) is 0 Å². The van der Waals surface area contributed by atoms with Crippen molar-refractivity contribution in [3.05, 3.63) is 0 Å². The Hall–Kier alpha value is -0.810. The molecule has 5 nitrogen and oxygen atoms in total. The van der Waals surface area contributed by atoms with E-state index < -0.39 is 0 Å². The van der Waals surface area contributed by atoms with Gasteiger partial charge in [-0.25, -0.2) is 5.84 Å². The molecule has 0 rings (SSSR count). The first-order chi connectivity index (χ1) is 7.94.